The fourth-order valence-corrected chi connectivity index (χ4v) is 3.63. The third-order valence-electron chi connectivity index (χ3n) is 3.99. The normalized spacial score (nSPS) is 11.5. The van der Waals surface area contributed by atoms with Crippen LogP contribution in [0.5, 0.6) is 5.75 Å². The molecule has 2 heterocycles. The Morgan fingerprint density at radius 2 is 1.79 bits per heavy atom. The van der Waals surface area contributed by atoms with Crippen LogP contribution in [0.1, 0.15) is 22.6 Å². The number of ether oxygens (including phenoxy) is 1. The number of hydrogen-bond acceptors (Lipinski definition) is 4. The molecule has 5 nitrogen and oxygen atoms in total. The van der Waals surface area contributed by atoms with Crippen molar-refractivity contribution < 1.29 is 22.7 Å². The van der Waals surface area contributed by atoms with Gasteiger partial charge < -0.3 is 10.1 Å². The number of amides is 1. The molecule has 2 aromatic heterocycles. The average Bonchev–Trinajstić information content (AvgIpc) is 3.19. The van der Waals surface area contributed by atoms with Gasteiger partial charge in [0.25, 0.3) is 0 Å². The summed E-state index contributed by atoms with van der Waals surface area (Å²) in [5, 5.41) is 5.39. The van der Waals surface area contributed by atoms with Crippen molar-refractivity contribution in [2.45, 2.75) is 33.2 Å². The van der Waals surface area contributed by atoms with Gasteiger partial charge in [-0.05, 0) is 43.7 Å². The highest BCUT2D eigenvalue weighted by atomic mass is 32.1. The minimum atomic E-state index is -4.72. The zero-order chi connectivity index (χ0) is 20.3. The van der Waals surface area contributed by atoms with Crippen molar-refractivity contribution in [1.29, 1.82) is 0 Å². The molecule has 0 radical (unpaired) electrons. The van der Waals surface area contributed by atoms with Crippen LogP contribution in [-0.2, 0) is 17.8 Å². The van der Waals surface area contributed by atoms with Gasteiger partial charge >= 0.3 is 6.36 Å². The second-order valence-corrected chi connectivity index (χ2v) is 7.05. The first-order valence-electron chi connectivity index (χ1n) is 8.42. The molecule has 0 atom stereocenters. The Hall–Kier alpha value is -2.81. The second-order valence-electron chi connectivity index (χ2n) is 6.22. The lowest BCUT2D eigenvalue weighted by Gasteiger charge is -2.09. The van der Waals surface area contributed by atoms with Gasteiger partial charge in [-0.15, -0.1) is 24.5 Å². The first-order valence-corrected chi connectivity index (χ1v) is 9.30. The molecular formula is C19H18F3N3O2S. The van der Waals surface area contributed by atoms with E-state index in [2.05, 4.69) is 15.0 Å². The molecule has 1 N–H and O–H groups in total. The number of carbonyl (C=O) groups excluding carboxylic acids is 1. The number of aryl methyl sites for hydroxylation is 2. The van der Waals surface area contributed by atoms with Crippen LogP contribution in [0.25, 0.3) is 5.13 Å². The molecule has 3 aromatic rings. The molecule has 0 fully saturated rings. The van der Waals surface area contributed by atoms with Crippen LogP contribution in [0.3, 0.4) is 0 Å². The summed E-state index contributed by atoms with van der Waals surface area (Å²) in [6, 6.07) is 9.38. The molecular weight excluding hydrogens is 391 g/mol. The van der Waals surface area contributed by atoms with Crippen molar-refractivity contribution in [2.24, 2.45) is 0 Å². The fraction of sp³-hybridized carbons (Fsp3) is 0.263. The standard InChI is InChI=1S/C19H18F3N3O2S/c1-12-3-4-13(2)25(12)18-24-15(11-28-18)9-17(26)23-10-14-5-7-16(8-6-14)27-19(20,21)22/h3-8,11H,9-10H2,1-2H3,(H,23,26). The molecule has 0 unspecified atom stereocenters. The summed E-state index contributed by atoms with van der Waals surface area (Å²) in [4.78, 5) is 16.7. The summed E-state index contributed by atoms with van der Waals surface area (Å²) in [7, 11) is 0. The molecule has 28 heavy (non-hydrogen) atoms. The number of benzene rings is 1. The van der Waals surface area contributed by atoms with Crippen LogP contribution in [-0.4, -0.2) is 21.8 Å². The highest BCUT2D eigenvalue weighted by Crippen LogP contribution is 2.23. The maximum absolute atomic E-state index is 12.2. The van der Waals surface area contributed by atoms with Crippen LogP contribution >= 0.6 is 11.3 Å². The van der Waals surface area contributed by atoms with Crippen LogP contribution < -0.4 is 10.1 Å². The van der Waals surface area contributed by atoms with E-state index in [1.165, 1.54) is 35.6 Å². The lowest BCUT2D eigenvalue weighted by molar-refractivity contribution is -0.274. The van der Waals surface area contributed by atoms with E-state index in [4.69, 9.17) is 0 Å². The van der Waals surface area contributed by atoms with E-state index in [0.717, 1.165) is 16.5 Å². The minimum Gasteiger partial charge on any atom is -0.406 e. The zero-order valence-corrected chi connectivity index (χ0v) is 16.0. The number of hydrogen-bond donors (Lipinski definition) is 1. The first kappa shape index (κ1) is 19.9. The Morgan fingerprint density at radius 3 is 2.39 bits per heavy atom. The molecule has 9 heteroatoms. The third kappa shape index (κ3) is 5.13. The van der Waals surface area contributed by atoms with Crippen LogP contribution in [0.15, 0.2) is 41.8 Å². The Labute approximate surface area is 163 Å². The first-order chi connectivity index (χ1) is 13.2. The van der Waals surface area contributed by atoms with Crippen molar-refractivity contribution in [3.05, 3.63) is 64.4 Å². The van der Waals surface area contributed by atoms with Crippen molar-refractivity contribution in [3.63, 3.8) is 0 Å². The molecule has 0 aliphatic carbocycles. The van der Waals surface area contributed by atoms with E-state index in [0.29, 0.717) is 11.3 Å². The highest BCUT2D eigenvalue weighted by molar-refractivity contribution is 7.12. The van der Waals surface area contributed by atoms with Gasteiger partial charge in [-0.25, -0.2) is 4.98 Å². The predicted octanol–water partition coefficient (Wildman–Crippen LogP) is 4.31. The Morgan fingerprint density at radius 1 is 1.14 bits per heavy atom. The Kier molecular flexibility index (Phi) is 5.73. The summed E-state index contributed by atoms with van der Waals surface area (Å²) in [6.45, 7) is 4.19. The fourth-order valence-electron chi connectivity index (χ4n) is 2.69. The van der Waals surface area contributed by atoms with Gasteiger partial charge in [-0.1, -0.05) is 12.1 Å². The molecule has 0 saturated carbocycles. The Balaban J connectivity index is 1.54. The summed E-state index contributed by atoms with van der Waals surface area (Å²) < 4.78 is 42.3. The number of nitrogens with zero attached hydrogens (tertiary/aromatic N) is 2. The largest absolute Gasteiger partial charge is 0.573 e. The van der Waals surface area contributed by atoms with E-state index in [1.807, 2.05) is 35.9 Å². The molecule has 3 rings (SSSR count). The van der Waals surface area contributed by atoms with E-state index < -0.39 is 6.36 Å². The van der Waals surface area contributed by atoms with Gasteiger partial charge in [0.2, 0.25) is 5.91 Å². The molecule has 1 amide bonds. The van der Waals surface area contributed by atoms with Crippen LogP contribution in [0, 0.1) is 13.8 Å². The summed E-state index contributed by atoms with van der Waals surface area (Å²) in [5.41, 5.74) is 3.47. The number of aromatic nitrogens is 2. The van der Waals surface area contributed by atoms with Crippen molar-refractivity contribution in [3.8, 4) is 10.9 Å². The minimum absolute atomic E-state index is 0.130. The topological polar surface area (TPSA) is 56.2 Å². The highest BCUT2D eigenvalue weighted by Gasteiger charge is 2.30. The third-order valence-corrected chi connectivity index (χ3v) is 4.86. The van der Waals surface area contributed by atoms with Gasteiger partial charge in [0.15, 0.2) is 5.13 Å². The number of nitrogens with one attached hydrogen (secondary N) is 1. The quantitative estimate of drug-likeness (QED) is 0.660. The lowest BCUT2D eigenvalue weighted by Crippen LogP contribution is -2.24. The molecule has 0 bridgehead atoms. The molecule has 0 aliphatic heterocycles. The van der Waals surface area contributed by atoms with Gasteiger partial charge in [-0.3, -0.25) is 9.36 Å². The van der Waals surface area contributed by atoms with Gasteiger partial charge in [0.1, 0.15) is 5.75 Å². The predicted molar refractivity (Wildman–Crippen MR) is 99.6 cm³/mol. The molecule has 0 aliphatic rings. The van der Waals surface area contributed by atoms with Crippen molar-refractivity contribution in [1.82, 2.24) is 14.9 Å². The monoisotopic (exact) mass is 409 g/mol. The molecule has 1 aromatic carbocycles. The maximum Gasteiger partial charge on any atom is 0.573 e. The van der Waals surface area contributed by atoms with Crippen LogP contribution in [0.2, 0.25) is 0 Å². The van der Waals surface area contributed by atoms with Gasteiger partial charge in [0, 0.05) is 23.3 Å². The number of thiazole rings is 1. The van der Waals surface area contributed by atoms with Gasteiger partial charge in [0.05, 0.1) is 12.1 Å². The number of rotatable bonds is 6. The number of halogens is 3. The molecule has 0 spiro atoms. The van der Waals surface area contributed by atoms with E-state index in [1.54, 1.807) is 0 Å². The van der Waals surface area contributed by atoms with E-state index in [-0.39, 0.29) is 24.6 Å². The average molecular weight is 409 g/mol. The van der Waals surface area contributed by atoms with Crippen molar-refractivity contribution >= 4 is 17.2 Å². The lowest BCUT2D eigenvalue weighted by atomic mass is 10.2. The maximum atomic E-state index is 12.2. The summed E-state index contributed by atoms with van der Waals surface area (Å²) in [6.07, 6.45) is -4.59. The smallest absolute Gasteiger partial charge is 0.406 e. The van der Waals surface area contributed by atoms with E-state index in [9.17, 15) is 18.0 Å². The van der Waals surface area contributed by atoms with E-state index >= 15 is 0 Å². The molecule has 148 valence electrons. The van der Waals surface area contributed by atoms with Crippen molar-refractivity contribution in [2.75, 3.05) is 0 Å². The van der Waals surface area contributed by atoms with Crippen LogP contribution in [0.4, 0.5) is 13.2 Å². The molecule has 0 saturated heterocycles. The zero-order valence-electron chi connectivity index (χ0n) is 15.2. The summed E-state index contributed by atoms with van der Waals surface area (Å²) >= 11 is 1.46. The Bertz CT molecular complexity index is 942. The number of carbonyl (C=O) groups is 1. The summed E-state index contributed by atoms with van der Waals surface area (Å²) in [5.74, 6) is -0.512. The second kappa shape index (κ2) is 8.05. The van der Waals surface area contributed by atoms with Gasteiger partial charge in [-0.2, -0.15) is 0 Å². The SMILES string of the molecule is Cc1ccc(C)n1-c1nc(CC(=O)NCc2ccc(OC(F)(F)F)cc2)cs1. The number of alkyl halides is 3.